The number of rotatable bonds is 11. The Bertz CT molecular complexity index is 1440. The highest BCUT2D eigenvalue weighted by Gasteiger charge is 2.77. The molecule has 4 saturated carbocycles. The fourth-order valence-corrected chi connectivity index (χ4v) is 8.40. The van der Waals surface area contributed by atoms with Gasteiger partial charge in [0, 0.05) is 42.8 Å². The molecule has 4 aliphatic carbocycles. The Kier molecular flexibility index (Phi) is 8.22. The predicted molar refractivity (Wildman–Crippen MR) is 159 cm³/mol. The summed E-state index contributed by atoms with van der Waals surface area (Å²) in [6, 6.07) is 13.1. The Morgan fingerprint density at radius 1 is 1.07 bits per heavy atom. The van der Waals surface area contributed by atoms with Crippen LogP contribution in [0.4, 0.5) is 5.69 Å². The van der Waals surface area contributed by atoms with E-state index in [2.05, 4.69) is 5.32 Å². The number of ether oxygens (including phenoxy) is 2. The minimum Gasteiger partial charge on any atom is -0.487 e. The Morgan fingerprint density at radius 2 is 1.77 bits per heavy atom. The monoisotopic (exact) mass is 605 g/mol. The van der Waals surface area contributed by atoms with Crippen molar-refractivity contribution in [2.75, 3.05) is 12.4 Å². The van der Waals surface area contributed by atoms with Crippen molar-refractivity contribution < 1.29 is 28.8 Å². The molecule has 5 aliphatic rings. The molecule has 226 valence electrons. The van der Waals surface area contributed by atoms with Gasteiger partial charge in [0.05, 0.1) is 11.1 Å². The maximum atomic E-state index is 12.2. The van der Waals surface area contributed by atoms with Crippen molar-refractivity contribution in [3.05, 3.63) is 64.2 Å². The van der Waals surface area contributed by atoms with Gasteiger partial charge < -0.3 is 20.5 Å². The SMILES string of the molecule is COC1(c2ccc(/C=C/C#N)c(OCc3ccc(NC(=O)CCCC(N)=O)cc3)c2Cl)OOC12C1CC3CC(C1)CC2C3. The van der Waals surface area contributed by atoms with E-state index in [0.717, 1.165) is 43.1 Å². The molecule has 10 heteroatoms. The van der Waals surface area contributed by atoms with Gasteiger partial charge >= 0.3 is 0 Å². The van der Waals surface area contributed by atoms with E-state index in [9.17, 15) is 14.9 Å². The molecular formula is C33H36ClN3O6. The highest BCUT2D eigenvalue weighted by molar-refractivity contribution is 6.33. The van der Waals surface area contributed by atoms with Gasteiger partial charge in [-0.25, -0.2) is 4.89 Å². The Balaban J connectivity index is 1.23. The third kappa shape index (κ3) is 5.21. The molecule has 7 rings (SSSR count). The Labute approximate surface area is 256 Å². The first-order chi connectivity index (χ1) is 20.8. The maximum absolute atomic E-state index is 12.2. The molecule has 2 aromatic rings. The van der Waals surface area contributed by atoms with Crippen LogP contribution in [0, 0.1) is 35.0 Å². The van der Waals surface area contributed by atoms with Crippen LogP contribution in [0.2, 0.25) is 5.02 Å². The van der Waals surface area contributed by atoms with E-state index in [1.165, 1.54) is 12.5 Å². The number of primary amides is 1. The zero-order chi connectivity index (χ0) is 30.2. The van der Waals surface area contributed by atoms with Gasteiger partial charge in [-0.3, -0.25) is 9.59 Å². The molecule has 2 amide bonds. The van der Waals surface area contributed by atoms with Crippen LogP contribution in [-0.2, 0) is 36.5 Å². The summed E-state index contributed by atoms with van der Waals surface area (Å²) in [6.07, 6.45) is 9.57. The van der Waals surface area contributed by atoms with E-state index in [4.69, 9.17) is 36.6 Å². The molecule has 5 fully saturated rings. The molecule has 2 aromatic carbocycles. The standard InChI is InChI=1S/C33H36ClN3O6/c1-40-33(32(42-43-33)24-15-21-14-22(17-24)18-25(32)16-21)27-12-9-23(4-3-13-35)31(30(27)34)41-19-20-7-10-26(11-8-20)37-29(39)6-2-5-28(36)38/h3-4,7-12,21-22,24-25H,2,5-6,14-19H2,1H3,(H2,36,38)(H,37,39)/b4-3+. The third-order valence-corrected chi connectivity index (χ3v) is 10.1. The van der Waals surface area contributed by atoms with Crippen LogP contribution < -0.4 is 15.8 Å². The number of carbonyl (C=O) groups excluding carboxylic acids is 2. The molecule has 0 radical (unpaired) electrons. The average molecular weight is 606 g/mol. The summed E-state index contributed by atoms with van der Waals surface area (Å²) in [5.74, 6) is 0.795. The van der Waals surface area contributed by atoms with Gasteiger partial charge in [0.2, 0.25) is 11.8 Å². The number of allylic oxidation sites excluding steroid dienone is 1. The number of hydrogen-bond donors (Lipinski definition) is 2. The van der Waals surface area contributed by atoms with E-state index in [-0.39, 0.29) is 25.4 Å². The molecule has 43 heavy (non-hydrogen) atoms. The van der Waals surface area contributed by atoms with Gasteiger partial charge in [0.1, 0.15) is 12.4 Å². The van der Waals surface area contributed by atoms with Crippen molar-refractivity contribution in [3.63, 3.8) is 0 Å². The fourth-order valence-electron chi connectivity index (χ4n) is 8.05. The summed E-state index contributed by atoms with van der Waals surface area (Å²) in [6.45, 7) is 0.195. The molecule has 3 N–H and O–H groups in total. The lowest BCUT2D eigenvalue weighted by atomic mass is 9.47. The van der Waals surface area contributed by atoms with Gasteiger partial charge in [0.15, 0.2) is 5.60 Å². The van der Waals surface area contributed by atoms with Crippen molar-refractivity contribution in [1.29, 1.82) is 5.26 Å². The van der Waals surface area contributed by atoms with Crippen molar-refractivity contribution in [3.8, 4) is 11.8 Å². The lowest BCUT2D eigenvalue weighted by Gasteiger charge is -2.68. The second kappa shape index (κ2) is 11.9. The first-order valence-corrected chi connectivity index (χ1v) is 15.3. The summed E-state index contributed by atoms with van der Waals surface area (Å²) >= 11 is 7.14. The van der Waals surface area contributed by atoms with Crippen molar-refractivity contribution >= 4 is 35.2 Å². The normalized spacial score (nSPS) is 30.3. The predicted octanol–water partition coefficient (Wildman–Crippen LogP) is 6.01. The van der Waals surface area contributed by atoms with E-state index in [1.54, 1.807) is 25.3 Å². The topological polar surface area (TPSA) is 133 Å². The maximum Gasteiger partial charge on any atom is 0.262 e. The lowest BCUT2D eigenvalue weighted by Crippen LogP contribution is -2.76. The van der Waals surface area contributed by atoms with Crippen LogP contribution >= 0.6 is 11.6 Å². The molecule has 4 bridgehead atoms. The summed E-state index contributed by atoms with van der Waals surface area (Å²) < 4.78 is 12.5. The molecule has 1 saturated heterocycles. The quantitative estimate of drug-likeness (QED) is 0.237. The number of nitrogens with zero attached hydrogens (tertiary/aromatic N) is 1. The summed E-state index contributed by atoms with van der Waals surface area (Å²) in [4.78, 5) is 35.1. The summed E-state index contributed by atoms with van der Waals surface area (Å²) in [5, 5.41) is 12.4. The molecule has 0 aromatic heterocycles. The van der Waals surface area contributed by atoms with E-state index >= 15 is 0 Å². The van der Waals surface area contributed by atoms with E-state index in [1.807, 2.05) is 30.3 Å². The van der Waals surface area contributed by atoms with Crippen molar-refractivity contribution in [2.45, 2.75) is 69.4 Å². The molecule has 1 unspecified atom stereocenters. The van der Waals surface area contributed by atoms with Crippen LogP contribution in [0.3, 0.4) is 0 Å². The van der Waals surface area contributed by atoms with Crippen LogP contribution in [-0.4, -0.2) is 24.5 Å². The second-order valence-electron chi connectivity index (χ2n) is 12.2. The number of amides is 2. The van der Waals surface area contributed by atoms with Gasteiger partial charge in [-0.1, -0.05) is 35.9 Å². The minimum atomic E-state index is -1.15. The van der Waals surface area contributed by atoms with Crippen LogP contribution in [0.15, 0.2) is 42.5 Å². The number of nitrogens with two attached hydrogens (primary N) is 1. The smallest absolute Gasteiger partial charge is 0.262 e. The van der Waals surface area contributed by atoms with Crippen LogP contribution in [0.1, 0.15) is 68.1 Å². The number of hydrogen-bond acceptors (Lipinski definition) is 7. The fraction of sp³-hybridized carbons (Fsp3) is 0.485. The number of nitriles is 1. The highest BCUT2D eigenvalue weighted by Crippen LogP contribution is 2.70. The molecule has 1 aliphatic heterocycles. The number of nitrogens with one attached hydrogen (secondary N) is 1. The average Bonchev–Trinajstić information content (AvgIpc) is 2.96. The number of methoxy groups -OCH3 is 1. The zero-order valence-electron chi connectivity index (χ0n) is 24.1. The first-order valence-electron chi connectivity index (χ1n) is 14.9. The van der Waals surface area contributed by atoms with Crippen molar-refractivity contribution in [1.82, 2.24) is 0 Å². The van der Waals surface area contributed by atoms with Crippen molar-refractivity contribution in [2.24, 2.45) is 29.4 Å². The Morgan fingerprint density at radius 3 is 2.35 bits per heavy atom. The van der Waals surface area contributed by atoms with E-state index < -0.39 is 17.3 Å². The van der Waals surface area contributed by atoms with Crippen LogP contribution in [0.25, 0.3) is 6.08 Å². The molecule has 1 spiro atoms. The largest absolute Gasteiger partial charge is 0.487 e. The number of benzene rings is 2. The lowest BCUT2D eigenvalue weighted by molar-refractivity contribution is -0.645. The minimum absolute atomic E-state index is 0.173. The number of anilines is 1. The molecule has 1 atom stereocenters. The second-order valence-corrected chi connectivity index (χ2v) is 12.6. The summed E-state index contributed by atoms with van der Waals surface area (Å²) in [5.41, 5.74) is 7.34. The third-order valence-electron chi connectivity index (χ3n) is 9.72. The Hall–Kier alpha value is -3.42. The van der Waals surface area contributed by atoms with Gasteiger partial charge in [-0.15, -0.1) is 0 Å². The number of halogens is 1. The van der Waals surface area contributed by atoms with Gasteiger partial charge in [0.25, 0.3) is 5.79 Å². The highest BCUT2D eigenvalue weighted by atomic mass is 35.5. The zero-order valence-corrected chi connectivity index (χ0v) is 24.9. The molecule has 9 nitrogen and oxygen atoms in total. The first kappa shape index (κ1) is 29.6. The molecular weight excluding hydrogens is 570 g/mol. The van der Waals surface area contributed by atoms with Gasteiger partial charge in [-0.2, -0.15) is 10.1 Å². The van der Waals surface area contributed by atoms with Gasteiger partial charge in [-0.05, 0) is 86.0 Å². The number of carbonyl (C=O) groups is 2. The van der Waals surface area contributed by atoms with E-state index in [0.29, 0.717) is 45.8 Å². The van der Waals surface area contributed by atoms with Crippen LogP contribution in [0.5, 0.6) is 5.75 Å². The molecule has 1 heterocycles. The summed E-state index contributed by atoms with van der Waals surface area (Å²) in [7, 11) is 1.65.